The third-order valence-electron chi connectivity index (χ3n) is 3.86. The van der Waals surface area contributed by atoms with Crippen molar-refractivity contribution in [3.8, 4) is 17.2 Å². The van der Waals surface area contributed by atoms with Gasteiger partial charge in [0.25, 0.3) is 5.91 Å². The van der Waals surface area contributed by atoms with Crippen molar-refractivity contribution in [3.05, 3.63) is 53.6 Å². The maximum Gasteiger partial charge on any atom is 0.253 e. The number of hydrogen-bond acceptors (Lipinski definition) is 4. The van der Waals surface area contributed by atoms with Gasteiger partial charge in [-0.3, -0.25) is 4.79 Å². The molecule has 0 aliphatic carbocycles. The van der Waals surface area contributed by atoms with Gasteiger partial charge in [0.05, 0.1) is 7.11 Å². The Kier molecular flexibility index (Phi) is 4.37. The molecule has 5 nitrogen and oxygen atoms in total. The van der Waals surface area contributed by atoms with Gasteiger partial charge in [0, 0.05) is 19.2 Å². The van der Waals surface area contributed by atoms with Gasteiger partial charge in [0.2, 0.25) is 6.79 Å². The van der Waals surface area contributed by atoms with Crippen LogP contribution in [0.5, 0.6) is 17.2 Å². The Morgan fingerprint density at radius 3 is 2.61 bits per heavy atom. The van der Waals surface area contributed by atoms with Gasteiger partial charge in [0.15, 0.2) is 11.5 Å². The lowest BCUT2D eigenvalue weighted by Gasteiger charge is -2.17. The normalized spacial score (nSPS) is 12.1. The van der Waals surface area contributed by atoms with Gasteiger partial charge in [-0.05, 0) is 48.4 Å². The van der Waals surface area contributed by atoms with E-state index in [1.165, 1.54) is 0 Å². The second-order valence-electron chi connectivity index (χ2n) is 5.39. The van der Waals surface area contributed by atoms with Crippen molar-refractivity contribution in [2.24, 2.45) is 0 Å². The van der Waals surface area contributed by atoms with Crippen LogP contribution >= 0.6 is 0 Å². The smallest absolute Gasteiger partial charge is 0.253 e. The van der Waals surface area contributed by atoms with E-state index < -0.39 is 0 Å². The summed E-state index contributed by atoms with van der Waals surface area (Å²) in [5.41, 5.74) is 1.77. The van der Waals surface area contributed by atoms with Crippen molar-refractivity contribution in [2.45, 2.75) is 6.42 Å². The van der Waals surface area contributed by atoms with Crippen LogP contribution in [0, 0.1) is 0 Å². The Balaban J connectivity index is 1.59. The summed E-state index contributed by atoms with van der Waals surface area (Å²) in [6, 6.07) is 13.0. The number of likely N-dealkylation sites (N-methyl/N-ethyl adjacent to an activating group) is 1. The summed E-state index contributed by atoms with van der Waals surface area (Å²) < 4.78 is 15.8. The van der Waals surface area contributed by atoms with Crippen LogP contribution < -0.4 is 14.2 Å². The standard InChI is InChI=1S/C18H19NO4/c1-19(18(20)14-4-6-15(21-2)7-5-14)10-9-13-3-8-16-17(11-13)23-12-22-16/h3-8,11H,9-10,12H2,1-2H3. The van der Waals surface area contributed by atoms with Gasteiger partial charge in [-0.1, -0.05) is 6.07 Å². The molecular formula is C18H19NO4. The summed E-state index contributed by atoms with van der Waals surface area (Å²) in [6.07, 6.45) is 0.759. The Labute approximate surface area is 135 Å². The fourth-order valence-corrected chi connectivity index (χ4v) is 2.45. The minimum atomic E-state index is -0.00611. The summed E-state index contributed by atoms with van der Waals surface area (Å²) in [6.45, 7) is 0.902. The maximum absolute atomic E-state index is 12.4. The highest BCUT2D eigenvalue weighted by Gasteiger charge is 2.15. The minimum absolute atomic E-state index is 0.00611. The summed E-state index contributed by atoms with van der Waals surface area (Å²) >= 11 is 0. The molecule has 23 heavy (non-hydrogen) atoms. The second-order valence-corrected chi connectivity index (χ2v) is 5.39. The van der Waals surface area contributed by atoms with Crippen LogP contribution in [0.15, 0.2) is 42.5 Å². The molecule has 0 atom stereocenters. The number of fused-ring (bicyclic) bond motifs is 1. The topological polar surface area (TPSA) is 48.0 Å². The first kappa shape index (κ1) is 15.2. The van der Waals surface area contributed by atoms with E-state index >= 15 is 0 Å². The summed E-state index contributed by atoms with van der Waals surface area (Å²) in [5.74, 6) is 2.28. The van der Waals surface area contributed by atoms with Gasteiger partial charge in [-0.25, -0.2) is 0 Å². The second kappa shape index (κ2) is 6.60. The number of rotatable bonds is 5. The van der Waals surface area contributed by atoms with Crippen molar-refractivity contribution in [2.75, 3.05) is 27.5 Å². The van der Waals surface area contributed by atoms with Gasteiger partial charge < -0.3 is 19.1 Å². The molecule has 5 heteroatoms. The molecule has 1 heterocycles. The van der Waals surface area contributed by atoms with Crippen molar-refractivity contribution in [1.29, 1.82) is 0 Å². The summed E-state index contributed by atoms with van der Waals surface area (Å²) in [5, 5.41) is 0. The minimum Gasteiger partial charge on any atom is -0.497 e. The molecular weight excluding hydrogens is 294 g/mol. The lowest BCUT2D eigenvalue weighted by molar-refractivity contribution is 0.0796. The highest BCUT2D eigenvalue weighted by atomic mass is 16.7. The molecule has 1 amide bonds. The number of carbonyl (C=O) groups excluding carboxylic acids is 1. The molecule has 0 N–H and O–H groups in total. The van der Waals surface area contributed by atoms with E-state index in [9.17, 15) is 4.79 Å². The molecule has 0 fully saturated rings. The van der Waals surface area contributed by atoms with Crippen LogP contribution in [0.2, 0.25) is 0 Å². The molecule has 2 aromatic rings. The molecule has 2 aromatic carbocycles. The zero-order valence-corrected chi connectivity index (χ0v) is 13.2. The Bertz CT molecular complexity index is 697. The van der Waals surface area contributed by atoms with E-state index in [0.717, 1.165) is 29.2 Å². The number of benzene rings is 2. The predicted molar refractivity (Wildman–Crippen MR) is 86.2 cm³/mol. The van der Waals surface area contributed by atoms with E-state index in [1.807, 2.05) is 18.2 Å². The highest BCUT2D eigenvalue weighted by Crippen LogP contribution is 2.32. The molecule has 1 aliphatic rings. The van der Waals surface area contributed by atoms with Gasteiger partial charge in [0.1, 0.15) is 5.75 Å². The van der Waals surface area contributed by atoms with E-state index in [-0.39, 0.29) is 12.7 Å². The van der Waals surface area contributed by atoms with Crippen LogP contribution in [-0.2, 0) is 6.42 Å². The van der Waals surface area contributed by atoms with Gasteiger partial charge in [-0.2, -0.15) is 0 Å². The van der Waals surface area contributed by atoms with E-state index in [0.29, 0.717) is 12.1 Å². The molecule has 3 rings (SSSR count). The van der Waals surface area contributed by atoms with Crippen LogP contribution in [0.4, 0.5) is 0 Å². The molecule has 0 spiro atoms. The molecule has 120 valence electrons. The molecule has 0 bridgehead atoms. The van der Waals surface area contributed by atoms with Crippen LogP contribution in [-0.4, -0.2) is 38.3 Å². The quantitative estimate of drug-likeness (QED) is 0.851. The van der Waals surface area contributed by atoms with E-state index in [2.05, 4.69) is 0 Å². The van der Waals surface area contributed by atoms with Crippen LogP contribution in [0.3, 0.4) is 0 Å². The van der Waals surface area contributed by atoms with Crippen molar-refractivity contribution in [3.63, 3.8) is 0 Å². The third-order valence-corrected chi connectivity index (χ3v) is 3.86. The summed E-state index contributed by atoms with van der Waals surface area (Å²) in [7, 11) is 3.41. The molecule has 0 saturated heterocycles. The van der Waals surface area contributed by atoms with Crippen molar-refractivity contribution >= 4 is 5.91 Å². The lowest BCUT2D eigenvalue weighted by atomic mass is 10.1. The third kappa shape index (κ3) is 3.39. The average Bonchev–Trinajstić information content (AvgIpc) is 3.06. The zero-order chi connectivity index (χ0) is 16.2. The fourth-order valence-electron chi connectivity index (χ4n) is 2.45. The SMILES string of the molecule is COc1ccc(C(=O)N(C)CCc2ccc3c(c2)OCO3)cc1. The first-order valence-corrected chi connectivity index (χ1v) is 7.45. The molecule has 0 aromatic heterocycles. The molecule has 0 unspecified atom stereocenters. The van der Waals surface area contributed by atoms with Crippen LogP contribution in [0.25, 0.3) is 0 Å². The number of amides is 1. The van der Waals surface area contributed by atoms with Crippen molar-refractivity contribution in [1.82, 2.24) is 4.90 Å². The monoisotopic (exact) mass is 313 g/mol. The van der Waals surface area contributed by atoms with Gasteiger partial charge in [-0.15, -0.1) is 0 Å². The first-order valence-electron chi connectivity index (χ1n) is 7.45. The number of nitrogens with zero attached hydrogens (tertiary/aromatic N) is 1. The first-order chi connectivity index (χ1) is 11.2. The van der Waals surface area contributed by atoms with E-state index in [4.69, 9.17) is 14.2 Å². The lowest BCUT2D eigenvalue weighted by Crippen LogP contribution is -2.28. The Hall–Kier alpha value is -2.69. The molecule has 1 aliphatic heterocycles. The van der Waals surface area contributed by atoms with Gasteiger partial charge >= 0.3 is 0 Å². The van der Waals surface area contributed by atoms with Crippen molar-refractivity contribution < 1.29 is 19.0 Å². The number of ether oxygens (including phenoxy) is 3. The predicted octanol–water partition coefficient (Wildman–Crippen LogP) is 2.74. The Morgan fingerprint density at radius 1 is 1.13 bits per heavy atom. The van der Waals surface area contributed by atoms with Crippen LogP contribution in [0.1, 0.15) is 15.9 Å². The number of hydrogen-bond donors (Lipinski definition) is 0. The molecule has 0 radical (unpaired) electrons. The zero-order valence-electron chi connectivity index (χ0n) is 13.2. The van der Waals surface area contributed by atoms with E-state index in [1.54, 1.807) is 43.3 Å². The summed E-state index contributed by atoms with van der Waals surface area (Å²) in [4.78, 5) is 14.1. The largest absolute Gasteiger partial charge is 0.497 e. The molecule has 0 saturated carbocycles. The fraction of sp³-hybridized carbons (Fsp3) is 0.278. The number of methoxy groups -OCH3 is 1. The highest BCUT2D eigenvalue weighted by molar-refractivity contribution is 5.94. The number of carbonyl (C=O) groups is 1. The maximum atomic E-state index is 12.4. The Morgan fingerprint density at radius 2 is 1.87 bits per heavy atom. The average molecular weight is 313 g/mol.